The molecule has 0 bridgehead atoms. The average Bonchev–Trinajstić information content (AvgIpc) is 3.28. The van der Waals surface area contributed by atoms with Crippen LogP contribution in [0.5, 0.6) is 5.75 Å². The number of carbonyl (C=O) groups excluding carboxylic acids is 1. The number of halogens is 1. The standard InChI is InChI=1S/C22H23ClN4O3/c1-26(18-5-3-4-17(23)14-18)21(28)16-10-12-27(13-11-16)22-24-20(25-30-22)15-6-8-19(29-2)9-7-15/h3-9,14,16H,10-13H2,1-2H3. The number of amides is 1. The Morgan fingerprint density at radius 3 is 2.60 bits per heavy atom. The van der Waals surface area contributed by atoms with Gasteiger partial charge in [0.05, 0.1) is 7.11 Å². The third-order valence-corrected chi connectivity index (χ3v) is 5.64. The van der Waals surface area contributed by atoms with Gasteiger partial charge in [-0.15, -0.1) is 0 Å². The minimum Gasteiger partial charge on any atom is -0.497 e. The van der Waals surface area contributed by atoms with E-state index in [2.05, 4.69) is 10.1 Å². The van der Waals surface area contributed by atoms with Crippen molar-refractivity contribution >= 4 is 29.2 Å². The number of rotatable bonds is 5. The summed E-state index contributed by atoms with van der Waals surface area (Å²) in [5.41, 5.74) is 1.66. The fourth-order valence-corrected chi connectivity index (χ4v) is 3.79. The molecule has 3 aromatic rings. The third kappa shape index (κ3) is 4.26. The van der Waals surface area contributed by atoms with Crippen molar-refractivity contribution in [2.24, 2.45) is 5.92 Å². The Morgan fingerprint density at radius 2 is 1.93 bits per heavy atom. The molecule has 4 rings (SSSR count). The van der Waals surface area contributed by atoms with Crippen LogP contribution in [0.3, 0.4) is 0 Å². The third-order valence-electron chi connectivity index (χ3n) is 5.40. The molecule has 156 valence electrons. The smallest absolute Gasteiger partial charge is 0.324 e. The molecule has 2 aromatic carbocycles. The lowest BCUT2D eigenvalue weighted by atomic mass is 9.95. The molecule has 0 atom stereocenters. The molecule has 0 unspecified atom stereocenters. The van der Waals surface area contributed by atoms with Gasteiger partial charge in [0.25, 0.3) is 0 Å². The van der Waals surface area contributed by atoms with E-state index >= 15 is 0 Å². The van der Waals surface area contributed by atoms with Crippen LogP contribution in [0.25, 0.3) is 11.4 Å². The summed E-state index contributed by atoms with van der Waals surface area (Å²) in [6.07, 6.45) is 1.45. The molecule has 0 spiro atoms. The maximum atomic E-state index is 12.9. The molecule has 0 N–H and O–H groups in total. The molecule has 7 nitrogen and oxygen atoms in total. The summed E-state index contributed by atoms with van der Waals surface area (Å²) < 4.78 is 10.6. The fourth-order valence-electron chi connectivity index (χ4n) is 3.60. The van der Waals surface area contributed by atoms with Crippen LogP contribution >= 0.6 is 11.6 Å². The van der Waals surface area contributed by atoms with Crippen molar-refractivity contribution in [2.45, 2.75) is 12.8 Å². The topological polar surface area (TPSA) is 71.7 Å². The van der Waals surface area contributed by atoms with Crippen molar-refractivity contribution < 1.29 is 14.1 Å². The summed E-state index contributed by atoms with van der Waals surface area (Å²) in [5.74, 6) is 1.36. The van der Waals surface area contributed by atoms with Gasteiger partial charge in [0.15, 0.2) is 0 Å². The van der Waals surface area contributed by atoms with E-state index in [0.717, 1.165) is 29.8 Å². The molecule has 1 aliphatic rings. The minimum absolute atomic E-state index is 0.0470. The lowest BCUT2D eigenvalue weighted by Gasteiger charge is -2.32. The normalized spacial score (nSPS) is 14.6. The van der Waals surface area contributed by atoms with Crippen LogP contribution < -0.4 is 14.5 Å². The Hall–Kier alpha value is -3.06. The van der Waals surface area contributed by atoms with Gasteiger partial charge < -0.3 is 19.1 Å². The van der Waals surface area contributed by atoms with Crippen molar-refractivity contribution in [2.75, 3.05) is 37.0 Å². The highest BCUT2D eigenvalue weighted by Gasteiger charge is 2.29. The summed E-state index contributed by atoms with van der Waals surface area (Å²) in [7, 11) is 3.42. The van der Waals surface area contributed by atoms with E-state index in [0.29, 0.717) is 30.0 Å². The largest absolute Gasteiger partial charge is 0.497 e. The molecule has 0 aliphatic carbocycles. The quantitative estimate of drug-likeness (QED) is 0.606. The zero-order valence-corrected chi connectivity index (χ0v) is 17.7. The average molecular weight is 427 g/mol. The van der Waals surface area contributed by atoms with Gasteiger partial charge in [-0.05, 0) is 55.3 Å². The van der Waals surface area contributed by atoms with Crippen molar-refractivity contribution in [1.82, 2.24) is 10.1 Å². The van der Waals surface area contributed by atoms with E-state index in [1.807, 2.05) is 41.3 Å². The van der Waals surface area contributed by atoms with Gasteiger partial charge in [-0.3, -0.25) is 4.79 Å². The van der Waals surface area contributed by atoms with E-state index < -0.39 is 0 Å². The summed E-state index contributed by atoms with van der Waals surface area (Å²) in [6, 6.07) is 15.3. The summed E-state index contributed by atoms with van der Waals surface area (Å²) in [5, 5.41) is 4.71. The van der Waals surface area contributed by atoms with Crippen LogP contribution in [-0.2, 0) is 4.79 Å². The number of methoxy groups -OCH3 is 1. The van der Waals surface area contributed by atoms with Crippen LogP contribution in [0, 0.1) is 5.92 Å². The molecule has 0 radical (unpaired) electrons. The number of aromatic nitrogens is 2. The van der Waals surface area contributed by atoms with E-state index in [4.69, 9.17) is 20.9 Å². The molecule has 1 fully saturated rings. The van der Waals surface area contributed by atoms with Gasteiger partial charge in [-0.25, -0.2) is 0 Å². The number of piperidine rings is 1. The number of carbonyl (C=O) groups is 1. The molecule has 8 heteroatoms. The second kappa shape index (κ2) is 8.75. The highest BCUT2D eigenvalue weighted by Crippen LogP contribution is 2.28. The number of hydrogen-bond acceptors (Lipinski definition) is 6. The van der Waals surface area contributed by atoms with E-state index in [1.54, 1.807) is 31.2 Å². The summed E-state index contributed by atoms with van der Waals surface area (Å²) in [4.78, 5) is 21.1. The highest BCUT2D eigenvalue weighted by molar-refractivity contribution is 6.30. The van der Waals surface area contributed by atoms with Crippen LogP contribution in [0.2, 0.25) is 5.02 Å². The lowest BCUT2D eigenvalue weighted by molar-refractivity contribution is -0.122. The van der Waals surface area contributed by atoms with Crippen molar-refractivity contribution in [3.05, 3.63) is 53.6 Å². The zero-order chi connectivity index (χ0) is 21.1. The van der Waals surface area contributed by atoms with Gasteiger partial charge in [0.1, 0.15) is 5.75 Å². The Labute approximate surface area is 180 Å². The molecule has 1 amide bonds. The van der Waals surface area contributed by atoms with Crippen molar-refractivity contribution in [3.63, 3.8) is 0 Å². The minimum atomic E-state index is -0.0470. The first-order chi connectivity index (χ1) is 14.5. The molecule has 1 aromatic heterocycles. The maximum Gasteiger partial charge on any atom is 0.324 e. The van der Waals surface area contributed by atoms with Gasteiger partial charge in [-0.2, -0.15) is 4.98 Å². The Bertz CT molecular complexity index is 1010. The molecular weight excluding hydrogens is 404 g/mol. The molecule has 1 saturated heterocycles. The summed E-state index contributed by atoms with van der Waals surface area (Å²) in [6.45, 7) is 1.37. The number of anilines is 2. The van der Waals surface area contributed by atoms with E-state index in [-0.39, 0.29) is 11.8 Å². The highest BCUT2D eigenvalue weighted by atomic mass is 35.5. The second-order valence-electron chi connectivity index (χ2n) is 7.27. The number of benzene rings is 2. The lowest BCUT2D eigenvalue weighted by Crippen LogP contribution is -2.41. The number of hydrogen-bond donors (Lipinski definition) is 0. The molecule has 1 aliphatic heterocycles. The molecule has 2 heterocycles. The van der Waals surface area contributed by atoms with Gasteiger partial charge in [0.2, 0.25) is 11.7 Å². The number of nitrogens with zero attached hydrogens (tertiary/aromatic N) is 4. The van der Waals surface area contributed by atoms with Gasteiger partial charge in [-0.1, -0.05) is 22.8 Å². The molecule has 30 heavy (non-hydrogen) atoms. The van der Waals surface area contributed by atoms with Crippen molar-refractivity contribution in [3.8, 4) is 17.1 Å². The van der Waals surface area contributed by atoms with Gasteiger partial charge >= 0.3 is 6.01 Å². The van der Waals surface area contributed by atoms with Crippen LogP contribution in [0.4, 0.5) is 11.7 Å². The first-order valence-corrected chi connectivity index (χ1v) is 10.2. The Balaban J connectivity index is 1.37. The monoisotopic (exact) mass is 426 g/mol. The van der Waals surface area contributed by atoms with Gasteiger partial charge in [0, 0.05) is 42.3 Å². The predicted molar refractivity (Wildman–Crippen MR) is 116 cm³/mol. The van der Waals surface area contributed by atoms with E-state index in [9.17, 15) is 4.79 Å². The second-order valence-corrected chi connectivity index (χ2v) is 7.70. The summed E-state index contributed by atoms with van der Waals surface area (Å²) >= 11 is 6.05. The van der Waals surface area contributed by atoms with Crippen LogP contribution in [0.15, 0.2) is 53.1 Å². The number of ether oxygens (including phenoxy) is 1. The molecular formula is C22H23ClN4O3. The maximum absolute atomic E-state index is 12.9. The van der Waals surface area contributed by atoms with Crippen LogP contribution in [-0.4, -0.2) is 43.3 Å². The fraction of sp³-hybridized carbons (Fsp3) is 0.318. The molecule has 0 saturated carbocycles. The Morgan fingerprint density at radius 1 is 1.20 bits per heavy atom. The van der Waals surface area contributed by atoms with E-state index in [1.165, 1.54) is 0 Å². The van der Waals surface area contributed by atoms with Crippen LogP contribution in [0.1, 0.15) is 12.8 Å². The first kappa shape index (κ1) is 20.2. The zero-order valence-electron chi connectivity index (χ0n) is 16.9. The first-order valence-electron chi connectivity index (χ1n) is 9.81. The Kier molecular flexibility index (Phi) is 5.90. The SMILES string of the molecule is COc1ccc(-c2noc(N3CCC(C(=O)N(C)c4cccc(Cl)c4)CC3)n2)cc1. The predicted octanol–water partition coefficient (Wildman–Crippen LogP) is 4.28. The van der Waals surface area contributed by atoms with Crippen molar-refractivity contribution in [1.29, 1.82) is 0 Å².